The fourth-order valence-corrected chi connectivity index (χ4v) is 1.42. The van der Waals surface area contributed by atoms with Crippen molar-refractivity contribution in [3.8, 4) is 11.3 Å². The minimum Gasteiger partial charge on any atom is -0.360 e. The Bertz CT molecular complexity index is 488. The van der Waals surface area contributed by atoms with Gasteiger partial charge in [-0.15, -0.1) is 0 Å². The van der Waals surface area contributed by atoms with Gasteiger partial charge in [-0.25, -0.2) is 0 Å². The van der Waals surface area contributed by atoms with Crippen LogP contribution in [0.15, 0.2) is 28.8 Å². The molecule has 0 spiro atoms. The van der Waals surface area contributed by atoms with Crippen molar-refractivity contribution in [1.29, 1.82) is 0 Å². The van der Waals surface area contributed by atoms with Crippen LogP contribution >= 0.6 is 11.6 Å². The first-order valence-electron chi connectivity index (χ1n) is 4.32. The van der Waals surface area contributed by atoms with Gasteiger partial charge in [0.25, 0.3) is 0 Å². The molecule has 1 radical (unpaired) electrons. The van der Waals surface area contributed by atoms with Crippen LogP contribution < -0.4 is 0 Å². The molecule has 0 aliphatic rings. The highest BCUT2D eigenvalue weighted by Gasteiger charge is 2.14. The highest BCUT2D eigenvalue weighted by Crippen LogP contribution is 2.24. The van der Waals surface area contributed by atoms with Crippen LogP contribution in [0.4, 0.5) is 0 Å². The number of aromatic nitrogens is 1. The molecule has 0 saturated carbocycles. The lowest BCUT2D eigenvalue weighted by molar-refractivity contribution is 0.399. The van der Waals surface area contributed by atoms with E-state index in [9.17, 15) is 4.79 Å². The van der Waals surface area contributed by atoms with E-state index in [-0.39, 0.29) is 0 Å². The number of aryl methyl sites for hydroxylation is 1. The molecule has 0 atom stereocenters. The molecule has 0 unspecified atom stereocenters. The molecule has 2 rings (SSSR count). The summed E-state index contributed by atoms with van der Waals surface area (Å²) in [5.74, 6) is 0.468. The number of nitrogens with zero attached hydrogens (tertiary/aromatic N) is 1. The van der Waals surface area contributed by atoms with E-state index < -0.39 is 0 Å². The second kappa shape index (κ2) is 3.87. The lowest BCUT2D eigenvalue weighted by Crippen LogP contribution is -1.85. The van der Waals surface area contributed by atoms with Crippen LogP contribution in [-0.4, -0.2) is 11.4 Å². The summed E-state index contributed by atoms with van der Waals surface area (Å²) in [6.07, 6.45) is 1.82. The van der Waals surface area contributed by atoms with E-state index in [0.29, 0.717) is 22.0 Å². The largest absolute Gasteiger partial charge is 0.360 e. The minimum absolute atomic E-state index is 0.359. The summed E-state index contributed by atoms with van der Waals surface area (Å²) in [7, 11) is 0. The normalized spacial score (nSPS) is 10.3. The quantitative estimate of drug-likeness (QED) is 0.782. The first-order valence-corrected chi connectivity index (χ1v) is 4.70. The number of rotatable bonds is 2. The number of halogens is 1. The molecule has 15 heavy (non-hydrogen) atoms. The molecule has 0 fully saturated rings. The third-order valence-electron chi connectivity index (χ3n) is 2.08. The lowest BCUT2D eigenvalue weighted by atomic mass is 10.1. The van der Waals surface area contributed by atoms with Gasteiger partial charge in [-0.1, -0.05) is 28.9 Å². The van der Waals surface area contributed by atoms with Crippen molar-refractivity contribution in [2.75, 3.05) is 0 Å². The summed E-state index contributed by atoms with van der Waals surface area (Å²) in [6, 6.07) is 7.02. The summed E-state index contributed by atoms with van der Waals surface area (Å²) in [5, 5.41) is 4.44. The molecule has 0 bridgehead atoms. The zero-order valence-corrected chi connectivity index (χ0v) is 8.71. The van der Waals surface area contributed by atoms with Gasteiger partial charge in [0.15, 0.2) is 0 Å². The van der Waals surface area contributed by atoms with Gasteiger partial charge < -0.3 is 4.52 Å². The number of carbonyl (C=O) groups excluding carboxylic acids is 1. The van der Waals surface area contributed by atoms with Gasteiger partial charge in [-0.05, 0) is 19.1 Å². The average molecular weight is 221 g/mol. The Balaban J connectivity index is 2.53. The van der Waals surface area contributed by atoms with Gasteiger partial charge in [0.1, 0.15) is 11.5 Å². The van der Waals surface area contributed by atoms with Crippen LogP contribution in [-0.2, 0) is 4.79 Å². The molecule has 0 aliphatic heterocycles. The zero-order valence-electron chi connectivity index (χ0n) is 7.95. The third kappa shape index (κ3) is 1.78. The molecule has 3 nitrogen and oxygen atoms in total. The average Bonchev–Trinajstić information content (AvgIpc) is 2.61. The smallest absolute Gasteiger partial charge is 0.239 e. The van der Waals surface area contributed by atoms with E-state index in [1.165, 1.54) is 0 Å². The fourth-order valence-electron chi connectivity index (χ4n) is 1.30. The van der Waals surface area contributed by atoms with E-state index in [4.69, 9.17) is 16.1 Å². The number of benzene rings is 1. The number of hydrogen-bond donors (Lipinski definition) is 0. The molecule has 1 aromatic heterocycles. The Kier molecular flexibility index (Phi) is 2.56. The SMILES string of the molecule is Cc1onc(-c2ccc(Cl)cc2)c1[C]=O. The van der Waals surface area contributed by atoms with Crippen molar-refractivity contribution in [3.05, 3.63) is 40.6 Å². The topological polar surface area (TPSA) is 43.1 Å². The first-order chi connectivity index (χ1) is 7.22. The van der Waals surface area contributed by atoms with Crippen LogP contribution in [0.2, 0.25) is 5.02 Å². The van der Waals surface area contributed by atoms with E-state index in [0.717, 1.165) is 5.56 Å². The molecular formula is C11H7ClNO2. The highest BCUT2D eigenvalue weighted by atomic mass is 35.5. The van der Waals surface area contributed by atoms with Crippen LogP contribution in [0.25, 0.3) is 11.3 Å². The van der Waals surface area contributed by atoms with Crippen molar-refractivity contribution < 1.29 is 9.32 Å². The molecule has 2 aromatic rings. The van der Waals surface area contributed by atoms with E-state index in [1.807, 2.05) is 6.29 Å². The molecule has 0 N–H and O–H groups in total. The van der Waals surface area contributed by atoms with E-state index in [2.05, 4.69) is 5.16 Å². The van der Waals surface area contributed by atoms with Crippen molar-refractivity contribution in [2.45, 2.75) is 6.92 Å². The Labute approximate surface area is 91.6 Å². The maximum atomic E-state index is 10.7. The molecule has 4 heteroatoms. The zero-order chi connectivity index (χ0) is 10.8. The fraction of sp³-hybridized carbons (Fsp3) is 0.0909. The standard InChI is InChI=1S/C11H7ClNO2/c1-7-10(6-14)11(13-15-7)8-2-4-9(12)5-3-8/h2-5H,1H3. The van der Waals surface area contributed by atoms with Crippen LogP contribution in [0.1, 0.15) is 11.3 Å². The molecular weight excluding hydrogens is 214 g/mol. The molecule has 0 aliphatic carbocycles. The second-order valence-electron chi connectivity index (χ2n) is 3.07. The Morgan fingerprint density at radius 2 is 2.00 bits per heavy atom. The van der Waals surface area contributed by atoms with Crippen molar-refractivity contribution in [2.24, 2.45) is 0 Å². The second-order valence-corrected chi connectivity index (χ2v) is 3.51. The summed E-state index contributed by atoms with van der Waals surface area (Å²) in [5.41, 5.74) is 1.64. The predicted octanol–water partition coefficient (Wildman–Crippen LogP) is 2.76. The summed E-state index contributed by atoms with van der Waals surface area (Å²) >= 11 is 5.76. The van der Waals surface area contributed by atoms with Crippen LogP contribution in [0.5, 0.6) is 0 Å². The first kappa shape index (κ1) is 9.93. The molecule has 0 saturated heterocycles. The van der Waals surface area contributed by atoms with Gasteiger partial charge in [0.05, 0.1) is 5.56 Å². The minimum atomic E-state index is 0.359. The predicted molar refractivity (Wildman–Crippen MR) is 56.5 cm³/mol. The Morgan fingerprint density at radius 3 is 2.60 bits per heavy atom. The van der Waals surface area contributed by atoms with Crippen molar-refractivity contribution >= 4 is 17.9 Å². The molecule has 0 amide bonds. The van der Waals surface area contributed by atoms with Crippen LogP contribution in [0, 0.1) is 6.92 Å². The van der Waals surface area contributed by atoms with Crippen LogP contribution in [0.3, 0.4) is 0 Å². The monoisotopic (exact) mass is 220 g/mol. The molecule has 1 aromatic carbocycles. The van der Waals surface area contributed by atoms with Gasteiger partial charge in [-0.3, -0.25) is 4.79 Å². The maximum absolute atomic E-state index is 10.7. The van der Waals surface area contributed by atoms with Gasteiger partial charge in [0, 0.05) is 10.6 Å². The van der Waals surface area contributed by atoms with Gasteiger partial charge >= 0.3 is 0 Å². The summed E-state index contributed by atoms with van der Waals surface area (Å²) in [4.78, 5) is 10.7. The summed E-state index contributed by atoms with van der Waals surface area (Å²) in [6.45, 7) is 1.67. The third-order valence-corrected chi connectivity index (χ3v) is 2.33. The molecule has 75 valence electrons. The van der Waals surface area contributed by atoms with E-state index in [1.54, 1.807) is 31.2 Å². The van der Waals surface area contributed by atoms with Crippen molar-refractivity contribution in [1.82, 2.24) is 5.16 Å². The maximum Gasteiger partial charge on any atom is 0.239 e. The molecule has 1 heterocycles. The lowest BCUT2D eigenvalue weighted by Gasteiger charge is -1.96. The highest BCUT2D eigenvalue weighted by molar-refractivity contribution is 6.30. The van der Waals surface area contributed by atoms with E-state index >= 15 is 0 Å². The summed E-state index contributed by atoms with van der Waals surface area (Å²) < 4.78 is 4.93. The Morgan fingerprint density at radius 1 is 1.33 bits per heavy atom. The van der Waals surface area contributed by atoms with Gasteiger partial charge in [0.2, 0.25) is 6.29 Å². The van der Waals surface area contributed by atoms with Crippen molar-refractivity contribution in [3.63, 3.8) is 0 Å². The van der Waals surface area contributed by atoms with Gasteiger partial charge in [-0.2, -0.15) is 0 Å². The Hall–Kier alpha value is -1.61. The number of hydrogen-bond acceptors (Lipinski definition) is 3.